The Morgan fingerprint density at radius 3 is 2.89 bits per heavy atom. The Balaban J connectivity index is 1.27. The summed E-state index contributed by atoms with van der Waals surface area (Å²) in [5, 5.41) is 12.6. The third-order valence-electron chi connectivity index (χ3n) is 4.68. The number of thioether (sulfide) groups is 1. The normalized spacial score (nSPS) is 18.4. The standard InChI is InChI=1S/C17H19N5O2S3/c23-15(9-22-16(24)10-27-17(22)25)18-11-3-5-21(6-4-11)14-8-12(19-20-14)13-2-1-7-26-13/h1-2,7-8,11H,3-6,9-10H2,(H,18,23)(H,19,20). The van der Waals surface area contributed by atoms with Gasteiger partial charge in [-0.2, -0.15) is 5.10 Å². The fourth-order valence-corrected chi connectivity index (χ4v) is 5.00. The van der Waals surface area contributed by atoms with E-state index >= 15 is 0 Å². The molecule has 2 aliphatic heterocycles. The van der Waals surface area contributed by atoms with Crippen LogP contribution >= 0.6 is 35.3 Å². The number of hydrogen-bond acceptors (Lipinski definition) is 7. The summed E-state index contributed by atoms with van der Waals surface area (Å²) in [4.78, 5) is 28.7. The number of amides is 2. The van der Waals surface area contributed by atoms with Crippen LogP contribution in [0.15, 0.2) is 23.6 Å². The highest BCUT2D eigenvalue weighted by atomic mass is 32.2. The molecule has 4 rings (SSSR count). The molecule has 2 aliphatic rings. The van der Waals surface area contributed by atoms with Crippen molar-refractivity contribution in [3.63, 3.8) is 0 Å². The maximum absolute atomic E-state index is 12.2. The molecule has 0 aliphatic carbocycles. The average Bonchev–Trinajstić information content (AvgIpc) is 3.40. The zero-order valence-corrected chi connectivity index (χ0v) is 17.0. The molecule has 2 amide bonds. The minimum Gasteiger partial charge on any atom is -0.355 e. The second-order valence-corrected chi connectivity index (χ2v) is 9.04. The average molecular weight is 422 g/mol. The van der Waals surface area contributed by atoms with Gasteiger partial charge >= 0.3 is 0 Å². The van der Waals surface area contributed by atoms with Crippen molar-refractivity contribution in [2.45, 2.75) is 18.9 Å². The van der Waals surface area contributed by atoms with E-state index in [1.165, 1.54) is 21.5 Å². The first-order valence-electron chi connectivity index (χ1n) is 8.71. The molecule has 142 valence electrons. The van der Waals surface area contributed by atoms with Crippen molar-refractivity contribution in [1.82, 2.24) is 20.4 Å². The van der Waals surface area contributed by atoms with Crippen molar-refractivity contribution < 1.29 is 9.59 Å². The van der Waals surface area contributed by atoms with Crippen molar-refractivity contribution in [2.75, 3.05) is 30.3 Å². The third kappa shape index (κ3) is 4.17. The maximum Gasteiger partial charge on any atom is 0.240 e. The summed E-state index contributed by atoms with van der Waals surface area (Å²) in [6.07, 6.45) is 1.69. The highest BCUT2D eigenvalue weighted by Crippen LogP contribution is 2.27. The van der Waals surface area contributed by atoms with E-state index < -0.39 is 0 Å². The first-order valence-corrected chi connectivity index (χ1v) is 11.0. The fourth-order valence-electron chi connectivity index (χ4n) is 3.23. The number of piperidine rings is 1. The Bertz CT molecular complexity index is 827. The number of thiophene rings is 1. The molecule has 2 aromatic heterocycles. The lowest BCUT2D eigenvalue weighted by atomic mass is 10.0. The largest absolute Gasteiger partial charge is 0.355 e. The molecular weight excluding hydrogens is 402 g/mol. The monoisotopic (exact) mass is 421 g/mol. The lowest BCUT2D eigenvalue weighted by molar-refractivity contribution is -0.130. The van der Waals surface area contributed by atoms with Crippen LogP contribution in [-0.2, 0) is 9.59 Å². The molecule has 4 heterocycles. The van der Waals surface area contributed by atoms with Crippen LogP contribution in [0, 0.1) is 0 Å². The summed E-state index contributed by atoms with van der Waals surface area (Å²) in [6.45, 7) is 1.68. The molecule has 0 unspecified atom stereocenters. The van der Waals surface area contributed by atoms with E-state index in [0.717, 1.165) is 37.4 Å². The zero-order valence-electron chi connectivity index (χ0n) is 14.5. The van der Waals surface area contributed by atoms with Crippen molar-refractivity contribution in [1.29, 1.82) is 0 Å². The van der Waals surface area contributed by atoms with E-state index in [-0.39, 0.29) is 24.4 Å². The molecule has 0 saturated carbocycles. The van der Waals surface area contributed by atoms with Crippen LogP contribution in [0.5, 0.6) is 0 Å². The summed E-state index contributed by atoms with van der Waals surface area (Å²) in [5.41, 5.74) is 1.03. The van der Waals surface area contributed by atoms with Crippen LogP contribution in [0.25, 0.3) is 10.6 Å². The predicted molar refractivity (Wildman–Crippen MR) is 112 cm³/mol. The second kappa shape index (κ2) is 7.99. The molecule has 10 heteroatoms. The van der Waals surface area contributed by atoms with Gasteiger partial charge in [0.2, 0.25) is 11.8 Å². The van der Waals surface area contributed by atoms with Crippen LogP contribution in [0.4, 0.5) is 5.82 Å². The summed E-state index contributed by atoms with van der Waals surface area (Å²) >= 11 is 8.11. The maximum atomic E-state index is 12.2. The number of nitrogens with one attached hydrogen (secondary N) is 2. The summed E-state index contributed by atoms with van der Waals surface area (Å²) in [7, 11) is 0. The van der Waals surface area contributed by atoms with E-state index in [2.05, 4.69) is 32.5 Å². The van der Waals surface area contributed by atoms with Gasteiger partial charge in [-0.25, -0.2) is 0 Å². The van der Waals surface area contributed by atoms with Gasteiger partial charge in [-0.1, -0.05) is 30.0 Å². The van der Waals surface area contributed by atoms with Gasteiger partial charge in [-0.3, -0.25) is 19.6 Å². The van der Waals surface area contributed by atoms with Crippen LogP contribution in [0.3, 0.4) is 0 Å². The van der Waals surface area contributed by atoms with Gasteiger partial charge in [-0.15, -0.1) is 11.3 Å². The number of anilines is 1. The van der Waals surface area contributed by atoms with Gasteiger partial charge in [0, 0.05) is 25.2 Å². The predicted octanol–water partition coefficient (Wildman–Crippen LogP) is 2.08. The number of nitrogens with zero attached hydrogens (tertiary/aromatic N) is 3. The number of rotatable bonds is 5. The van der Waals surface area contributed by atoms with E-state index in [1.807, 2.05) is 11.4 Å². The molecule has 2 N–H and O–H groups in total. The van der Waals surface area contributed by atoms with E-state index in [4.69, 9.17) is 12.2 Å². The Labute approximate surface area is 170 Å². The zero-order chi connectivity index (χ0) is 18.8. The first-order chi connectivity index (χ1) is 13.1. The van der Waals surface area contributed by atoms with Crippen LogP contribution in [-0.4, -0.2) is 62.7 Å². The Kier molecular flexibility index (Phi) is 5.46. The number of thiocarbonyl (C=S) groups is 1. The van der Waals surface area contributed by atoms with Gasteiger partial charge in [0.1, 0.15) is 10.9 Å². The Morgan fingerprint density at radius 2 is 2.22 bits per heavy atom. The molecule has 0 radical (unpaired) electrons. The number of aromatic nitrogens is 2. The minimum atomic E-state index is -0.147. The summed E-state index contributed by atoms with van der Waals surface area (Å²) < 4.78 is 0.491. The fraction of sp³-hybridized carbons (Fsp3) is 0.412. The molecule has 2 saturated heterocycles. The van der Waals surface area contributed by atoms with Gasteiger partial charge in [0.05, 0.1) is 16.3 Å². The summed E-state index contributed by atoms with van der Waals surface area (Å²) in [5.74, 6) is 1.04. The van der Waals surface area contributed by atoms with Gasteiger partial charge in [0.15, 0.2) is 5.82 Å². The quantitative estimate of drug-likeness (QED) is 0.720. The molecule has 0 atom stereocenters. The highest BCUT2D eigenvalue weighted by Gasteiger charge is 2.29. The highest BCUT2D eigenvalue weighted by molar-refractivity contribution is 8.23. The number of aromatic amines is 1. The van der Waals surface area contributed by atoms with Crippen molar-refractivity contribution >= 4 is 57.3 Å². The first kappa shape index (κ1) is 18.5. The lowest BCUT2D eigenvalue weighted by Crippen LogP contribution is -2.48. The van der Waals surface area contributed by atoms with Crippen LogP contribution < -0.4 is 10.2 Å². The van der Waals surface area contributed by atoms with Crippen molar-refractivity contribution in [3.05, 3.63) is 23.6 Å². The van der Waals surface area contributed by atoms with Crippen molar-refractivity contribution in [2.24, 2.45) is 0 Å². The molecule has 2 fully saturated rings. The molecule has 2 aromatic rings. The van der Waals surface area contributed by atoms with Crippen molar-refractivity contribution in [3.8, 4) is 10.6 Å². The molecule has 7 nitrogen and oxygen atoms in total. The number of carbonyl (C=O) groups excluding carboxylic acids is 2. The van der Waals surface area contributed by atoms with Gasteiger partial charge in [-0.05, 0) is 24.3 Å². The van der Waals surface area contributed by atoms with Gasteiger partial charge in [0.25, 0.3) is 0 Å². The lowest BCUT2D eigenvalue weighted by Gasteiger charge is -2.32. The molecule has 0 spiro atoms. The molecule has 27 heavy (non-hydrogen) atoms. The van der Waals surface area contributed by atoms with E-state index in [1.54, 1.807) is 11.3 Å². The number of H-pyrrole nitrogens is 1. The molecular formula is C17H19N5O2S3. The van der Waals surface area contributed by atoms with E-state index in [0.29, 0.717) is 10.1 Å². The smallest absolute Gasteiger partial charge is 0.240 e. The van der Waals surface area contributed by atoms with Crippen LogP contribution in [0.2, 0.25) is 0 Å². The summed E-state index contributed by atoms with van der Waals surface area (Å²) in [6, 6.07) is 6.28. The third-order valence-corrected chi connectivity index (χ3v) is 7.01. The SMILES string of the molecule is O=C(CN1C(=O)CSC1=S)NC1CCN(c2cc(-c3cccs3)[nH]n2)CC1. The topological polar surface area (TPSA) is 81.3 Å². The number of carbonyl (C=O) groups is 2. The number of hydrogen-bond donors (Lipinski definition) is 2. The van der Waals surface area contributed by atoms with E-state index in [9.17, 15) is 9.59 Å². The minimum absolute atomic E-state index is 0.0222. The van der Waals surface area contributed by atoms with Crippen LogP contribution in [0.1, 0.15) is 12.8 Å². The Hall–Kier alpha value is -1.91. The molecule has 0 aromatic carbocycles. The second-order valence-electron chi connectivity index (χ2n) is 6.48. The van der Waals surface area contributed by atoms with Gasteiger partial charge < -0.3 is 10.2 Å². The Morgan fingerprint density at radius 1 is 1.41 bits per heavy atom. The molecule has 0 bridgehead atoms.